The van der Waals surface area contributed by atoms with Gasteiger partial charge in [-0.25, -0.2) is 9.97 Å². The van der Waals surface area contributed by atoms with Crippen molar-refractivity contribution < 1.29 is 0 Å². The molecule has 1 aliphatic rings. The number of aromatic nitrogens is 2. The minimum Gasteiger partial charge on any atom is -0.341 e. The number of piperidine rings is 1. The molecule has 0 unspecified atom stereocenters. The van der Waals surface area contributed by atoms with Crippen molar-refractivity contribution >= 4 is 5.95 Å². The van der Waals surface area contributed by atoms with Gasteiger partial charge in [-0.15, -0.1) is 0 Å². The third-order valence-electron chi connectivity index (χ3n) is 2.62. The lowest BCUT2D eigenvalue weighted by Crippen LogP contribution is -2.33. The Morgan fingerprint density at radius 1 is 1.11 bits per heavy atom. The van der Waals surface area contributed by atoms with Gasteiger partial charge in [0, 0.05) is 25.5 Å². The van der Waals surface area contributed by atoms with Gasteiger partial charge in [0.25, 0.3) is 0 Å². The fourth-order valence-electron chi connectivity index (χ4n) is 1.66. The molecule has 1 aliphatic heterocycles. The highest BCUT2D eigenvalue weighted by molar-refractivity contribution is 5.28. The van der Waals surface area contributed by atoms with Crippen LogP contribution in [0.25, 0.3) is 0 Å². The van der Waals surface area contributed by atoms with Gasteiger partial charge >= 0.3 is 0 Å². The molecule has 0 bridgehead atoms. The maximum atomic E-state index is 4.24. The molecule has 0 aromatic carbocycles. The minimum absolute atomic E-state index is 0.861. The van der Waals surface area contributed by atoms with Crippen molar-refractivity contribution in [2.45, 2.75) is 53.9 Å². The molecule has 1 saturated heterocycles. The second kappa shape index (κ2) is 11.0. The van der Waals surface area contributed by atoms with E-state index in [4.69, 9.17) is 0 Å². The first-order valence-electron chi connectivity index (χ1n) is 7.29. The molecule has 0 saturated carbocycles. The zero-order chi connectivity index (χ0) is 13.8. The average Bonchev–Trinajstić information content (AvgIpc) is 2.44. The lowest BCUT2D eigenvalue weighted by molar-refractivity contribution is 0.434. The molecule has 2 rings (SSSR count). The summed E-state index contributed by atoms with van der Waals surface area (Å²) in [4.78, 5) is 10.7. The molecule has 0 spiro atoms. The van der Waals surface area contributed by atoms with Crippen LogP contribution in [0.1, 0.15) is 53.9 Å². The summed E-state index contributed by atoms with van der Waals surface area (Å²) >= 11 is 0. The molecule has 18 heavy (non-hydrogen) atoms. The molecular formula is C15H29N3. The lowest BCUT2D eigenvalue weighted by Gasteiger charge is -2.29. The van der Waals surface area contributed by atoms with E-state index >= 15 is 0 Å². The zero-order valence-corrected chi connectivity index (χ0v) is 12.7. The van der Waals surface area contributed by atoms with Crippen LogP contribution in [-0.2, 0) is 0 Å². The summed E-state index contributed by atoms with van der Waals surface area (Å²) in [6, 6.07) is 1.86. The van der Waals surface area contributed by atoms with Gasteiger partial charge in [0.05, 0.1) is 0 Å². The summed E-state index contributed by atoms with van der Waals surface area (Å²) in [5, 5.41) is 0. The topological polar surface area (TPSA) is 29.0 Å². The van der Waals surface area contributed by atoms with E-state index in [1.54, 1.807) is 12.4 Å². The van der Waals surface area contributed by atoms with Crippen molar-refractivity contribution in [2.24, 2.45) is 5.92 Å². The summed E-state index contributed by atoms with van der Waals surface area (Å²) in [5.41, 5.74) is 0. The maximum Gasteiger partial charge on any atom is 0.225 e. The molecule has 1 aromatic rings. The summed E-state index contributed by atoms with van der Waals surface area (Å²) < 4.78 is 0. The third kappa shape index (κ3) is 6.58. The SMILES string of the molecule is CC.CC1CCN(c2ncccn2)CC1.CCC. The van der Waals surface area contributed by atoms with Crippen LogP contribution in [0.2, 0.25) is 0 Å². The lowest BCUT2D eigenvalue weighted by atomic mass is 10.00. The van der Waals surface area contributed by atoms with E-state index in [0.29, 0.717) is 0 Å². The average molecular weight is 251 g/mol. The Morgan fingerprint density at radius 2 is 1.56 bits per heavy atom. The van der Waals surface area contributed by atoms with Gasteiger partial charge in [-0.3, -0.25) is 0 Å². The van der Waals surface area contributed by atoms with Gasteiger partial charge < -0.3 is 4.90 Å². The summed E-state index contributed by atoms with van der Waals surface area (Å²) in [6.07, 6.45) is 7.39. The number of rotatable bonds is 1. The summed E-state index contributed by atoms with van der Waals surface area (Å²) in [6.45, 7) is 12.8. The number of hydrogen-bond donors (Lipinski definition) is 0. The van der Waals surface area contributed by atoms with E-state index < -0.39 is 0 Å². The predicted octanol–water partition coefficient (Wildman–Crippen LogP) is 4.16. The van der Waals surface area contributed by atoms with Crippen molar-refractivity contribution in [2.75, 3.05) is 18.0 Å². The normalized spacial score (nSPS) is 15.1. The first-order chi connectivity index (χ1) is 8.77. The monoisotopic (exact) mass is 251 g/mol. The van der Waals surface area contributed by atoms with Gasteiger partial charge in [0.15, 0.2) is 0 Å². The fraction of sp³-hybridized carbons (Fsp3) is 0.733. The Labute approximate surface area is 113 Å². The molecule has 1 fully saturated rings. The number of anilines is 1. The maximum absolute atomic E-state index is 4.24. The Balaban J connectivity index is 0.000000509. The molecule has 2 heterocycles. The highest BCUT2D eigenvalue weighted by Crippen LogP contribution is 2.18. The molecule has 104 valence electrons. The van der Waals surface area contributed by atoms with Crippen LogP contribution in [0, 0.1) is 5.92 Å². The first-order valence-corrected chi connectivity index (χ1v) is 7.29. The Hall–Kier alpha value is -1.12. The van der Waals surface area contributed by atoms with Crippen LogP contribution in [-0.4, -0.2) is 23.1 Å². The molecule has 3 nitrogen and oxygen atoms in total. The van der Waals surface area contributed by atoms with Crippen molar-refractivity contribution in [3.63, 3.8) is 0 Å². The Bertz CT molecular complexity index is 266. The highest BCUT2D eigenvalue weighted by atomic mass is 15.2. The van der Waals surface area contributed by atoms with Gasteiger partial charge in [0.2, 0.25) is 5.95 Å². The van der Waals surface area contributed by atoms with Crippen LogP contribution < -0.4 is 4.90 Å². The Kier molecular flexibility index (Phi) is 10.3. The zero-order valence-electron chi connectivity index (χ0n) is 12.7. The van der Waals surface area contributed by atoms with Crippen LogP contribution in [0.5, 0.6) is 0 Å². The molecule has 0 atom stereocenters. The summed E-state index contributed by atoms with van der Waals surface area (Å²) in [5.74, 6) is 1.74. The van der Waals surface area contributed by atoms with Gasteiger partial charge in [-0.1, -0.05) is 41.0 Å². The fourth-order valence-corrected chi connectivity index (χ4v) is 1.66. The molecular weight excluding hydrogens is 222 g/mol. The standard InChI is InChI=1S/C10H15N3.C3H8.C2H6/c1-9-3-7-13(8-4-9)10-11-5-2-6-12-10;1-3-2;1-2/h2,5-6,9H,3-4,7-8H2,1H3;3H2,1-2H3;1-2H3. The van der Waals surface area contributed by atoms with E-state index in [0.717, 1.165) is 25.0 Å². The number of nitrogens with zero attached hydrogens (tertiary/aromatic N) is 3. The van der Waals surface area contributed by atoms with Crippen molar-refractivity contribution in [3.05, 3.63) is 18.5 Å². The van der Waals surface area contributed by atoms with Gasteiger partial charge in [0.1, 0.15) is 0 Å². The van der Waals surface area contributed by atoms with Gasteiger partial charge in [-0.2, -0.15) is 0 Å². The van der Waals surface area contributed by atoms with Gasteiger partial charge in [-0.05, 0) is 24.8 Å². The number of hydrogen-bond acceptors (Lipinski definition) is 3. The van der Waals surface area contributed by atoms with Crippen LogP contribution in [0.4, 0.5) is 5.95 Å². The van der Waals surface area contributed by atoms with E-state index in [1.807, 2.05) is 19.9 Å². The van der Waals surface area contributed by atoms with E-state index in [9.17, 15) is 0 Å². The molecule has 0 N–H and O–H groups in total. The minimum atomic E-state index is 0.861. The summed E-state index contributed by atoms with van der Waals surface area (Å²) in [7, 11) is 0. The van der Waals surface area contributed by atoms with Crippen LogP contribution in [0.3, 0.4) is 0 Å². The molecule has 0 radical (unpaired) electrons. The van der Waals surface area contributed by atoms with E-state index in [2.05, 4.69) is 35.6 Å². The Morgan fingerprint density at radius 3 is 2.00 bits per heavy atom. The van der Waals surface area contributed by atoms with Crippen molar-refractivity contribution in [1.29, 1.82) is 0 Å². The largest absolute Gasteiger partial charge is 0.341 e. The van der Waals surface area contributed by atoms with Crippen LogP contribution >= 0.6 is 0 Å². The van der Waals surface area contributed by atoms with Crippen molar-refractivity contribution in [3.8, 4) is 0 Å². The van der Waals surface area contributed by atoms with Crippen LogP contribution in [0.15, 0.2) is 18.5 Å². The van der Waals surface area contributed by atoms with E-state index in [-0.39, 0.29) is 0 Å². The third-order valence-corrected chi connectivity index (χ3v) is 2.62. The second-order valence-electron chi connectivity index (χ2n) is 4.43. The molecule has 0 amide bonds. The first kappa shape index (κ1) is 16.9. The highest BCUT2D eigenvalue weighted by Gasteiger charge is 2.16. The van der Waals surface area contributed by atoms with Crippen molar-refractivity contribution in [1.82, 2.24) is 9.97 Å². The smallest absolute Gasteiger partial charge is 0.225 e. The molecule has 1 aromatic heterocycles. The second-order valence-corrected chi connectivity index (χ2v) is 4.43. The quantitative estimate of drug-likeness (QED) is 0.750. The molecule has 0 aliphatic carbocycles. The van der Waals surface area contributed by atoms with E-state index in [1.165, 1.54) is 19.3 Å². The predicted molar refractivity (Wildman–Crippen MR) is 80.0 cm³/mol. The molecule has 3 heteroatoms.